The Kier molecular flexibility index (Phi) is 6.30. The second-order valence-electron chi connectivity index (χ2n) is 3.86. The highest BCUT2D eigenvalue weighted by Crippen LogP contribution is 2.06. The summed E-state index contributed by atoms with van der Waals surface area (Å²) < 4.78 is 0. The molecule has 16 heavy (non-hydrogen) atoms. The molecule has 0 saturated carbocycles. The van der Waals surface area contributed by atoms with E-state index in [0.717, 1.165) is 37.6 Å². The van der Waals surface area contributed by atoms with Crippen molar-refractivity contribution in [2.24, 2.45) is 0 Å². The zero-order chi connectivity index (χ0) is 11.6. The summed E-state index contributed by atoms with van der Waals surface area (Å²) in [6.07, 6.45) is 4.71. The van der Waals surface area contributed by atoms with Crippen LogP contribution >= 0.6 is 0 Å². The van der Waals surface area contributed by atoms with Crippen molar-refractivity contribution in [3.63, 3.8) is 0 Å². The van der Waals surface area contributed by atoms with Gasteiger partial charge in [0.2, 0.25) is 0 Å². The van der Waals surface area contributed by atoms with Gasteiger partial charge >= 0.3 is 0 Å². The molecule has 0 aliphatic heterocycles. The van der Waals surface area contributed by atoms with Crippen molar-refractivity contribution in [3.8, 4) is 0 Å². The number of anilines is 2. The quantitative estimate of drug-likeness (QED) is 0.664. The van der Waals surface area contributed by atoms with Crippen LogP contribution in [0.2, 0.25) is 0 Å². The van der Waals surface area contributed by atoms with Gasteiger partial charge in [-0.3, -0.25) is 0 Å². The van der Waals surface area contributed by atoms with Gasteiger partial charge in [-0.05, 0) is 25.0 Å². The average molecular weight is 222 g/mol. The molecule has 0 bridgehead atoms. The van der Waals surface area contributed by atoms with E-state index >= 15 is 0 Å². The van der Waals surface area contributed by atoms with Gasteiger partial charge in [-0.15, -0.1) is 10.2 Å². The molecule has 0 aliphatic carbocycles. The molecular formula is C12H22N4. The molecule has 1 rings (SSSR count). The second-order valence-corrected chi connectivity index (χ2v) is 3.86. The number of aromatic nitrogens is 2. The van der Waals surface area contributed by atoms with Crippen LogP contribution in [0.25, 0.3) is 0 Å². The molecule has 4 nitrogen and oxygen atoms in total. The molecule has 90 valence electrons. The van der Waals surface area contributed by atoms with Crippen LogP contribution in [0.5, 0.6) is 0 Å². The van der Waals surface area contributed by atoms with Crippen LogP contribution in [0.3, 0.4) is 0 Å². The summed E-state index contributed by atoms with van der Waals surface area (Å²) in [7, 11) is 0. The molecule has 2 N–H and O–H groups in total. The van der Waals surface area contributed by atoms with Crippen LogP contribution < -0.4 is 10.6 Å². The van der Waals surface area contributed by atoms with Gasteiger partial charge in [0.15, 0.2) is 0 Å². The first-order valence-electron chi connectivity index (χ1n) is 6.18. The minimum Gasteiger partial charge on any atom is -0.369 e. The average Bonchev–Trinajstić information content (AvgIpc) is 2.32. The Hall–Kier alpha value is -1.32. The van der Waals surface area contributed by atoms with Crippen molar-refractivity contribution in [2.45, 2.75) is 39.5 Å². The van der Waals surface area contributed by atoms with E-state index in [0.29, 0.717) is 0 Å². The fraction of sp³-hybridized carbons (Fsp3) is 0.667. The zero-order valence-corrected chi connectivity index (χ0v) is 10.3. The Labute approximate surface area is 97.9 Å². The highest BCUT2D eigenvalue weighted by atomic mass is 15.2. The summed E-state index contributed by atoms with van der Waals surface area (Å²) in [4.78, 5) is 0. The third-order valence-corrected chi connectivity index (χ3v) is 2.34. The maximum absolute atomic E-state index is 4.11. The lowest BCUT2D eigenvalue weighted by Crippen LogP contribution is -2.07. The zero-order valence-electron chi connectivity index (χ0n) is 10.3. The van der Waals surface area contributed by atoms with Crippen molar-refractivity contribution in [1.29, 1.82) is 0 Å². The van der Waals surface area contributed by atoms with Gasteiger partial charge in [-0.2, -0.15) is 0 Å². The summed E-state index contributed by atoms with van der Waals surface area (Å²) in [6, 6.07) is 3.94. The lowest BCUT2D eigenvalue weighted by molar-refractivity contribution is 0.820. The first-order chi connectivity index (χ1) is 7.86. The Balaban J connectivity index is 2.30. The normalized spacial score (nSPS) is 10.1. The smallest absolute Gasteiger partial charge is 0.148 e. The van der Waals surface area contributed by atoms with Gasteiger partial charge in [0.05, 0.1) is 0 Å². The lowest BCUT2D eigenvalue weighted by Gasteiger charge is -2.06. The molecule has 0 amide bonds. The standard InChI is InChI=1S/C12H22N4/c1-3-5-9-13-11-7-8-12(16-15-11)14-10-6-4-2/h7-8H,3-6,9-10H2,1-2H3,(H,13,15)(H,14,16). The molecule has 0 atom stereocenters. The number of nitrogens with zero attached hydrogens (tertiary/aromatic N) is 2. The van der Waals surface area contributed by atoms with Crippen LogP contribution in [0.4, 0.5) is 11.6 Å². The van der Waals surface area contributed by atoms with E-state index in [2.05, 4.69) is 34.7 Å². The van der Waals surface area contributed by atoms with E-state index in [-0.39, 0.29) is 0 Å². The van der Waals surface area contributed by atoms with Crippen molar-refractivity contribution in [3.05, 3.63) is 12.1 Å². The SMILES string of the molecule is CCCCNc1ccc(NCCCC)nn1. The minimum absolute atomic E-state index is 0.856. The Morgan fingerprint density at radius 2 is 1.31 bits per heavy atom. The molecule has 1 aromatic heterocycles. The van der Waals surface area contributed by atoms with Crippen molar-refractivity contribution in [2.75, 3.05) is 23.7 Å². The Morgan fingerprint density at radius 3 is 1.62 bits per heavy atom. The molecule has 4 heteroatoms. The van der Waals surface area contributed by atoms with Gasteiger partial charge in [0, 0.05) is 13.1 Å². The molecule has 0 saturated heterocycles. The van der Waals surface area contributed by atoms with Gasteiger partial charge in [-0.1, -0.05) is 26.7 Å². The van der Waals surface area contributed by atoms with Crippen LogP contribution in [-0.2, 0) is 0 Å². The molecule has 1 heterocycles. The maximum Gasteiger partial charge on any atom is 0.148 e. The van der Waals surface area contributed by atoms with Crippen LogP contribution in [0, 0.1) is 0 Å². The van der Waals surface area contributed by atoms with Crippen LogP contribution in [0.15, 0.2) is 12.1 Å². The molecule has 0 unspecified atom stereocenters. The second kappa shape index (κ2) is 7.91. The predicted molar refractivity (Wildman–Crippen MR) is 68.8 cm³/mol. The molecule has 0 fully saturated rings. The third-order valence-electron chi connectivity index (χ3n) is 2.34. The molecule has 0 aliphatic rings. The van der Waals surface area contributed by atoms with E-state index in [1.54, 1.807) is 0 Å². The van der Waals surface area contributed by atoms with E-state index in [9.17, 15) is 0 Å². The van der Waals surface area contributed by atoms with E-state index in [4.69, 9.17) is 0 Å². The van der Waals surface area contributed by atoms with Crippen molar-refractivity contribution >= 4 is 11.6 Å². The van der Waals surface area contributed by atoms with E-state index < -0.39 is 0 Å². The van der Waals surface area contributed by atoms with Crippen LogP contribution in [-0.4, -0.2) is 23.3 Å². The molecule has 0 radical (unpaired) electrons. The topological polar surface area (TPSA) is 49.8 Å². The molecular weight excluding hydrogens is 200 g/mol. The number of hydrogen-bond donors (Lipinski definition) is 2. The number of rotatable bonds is 8. The Morgan fingerprint density at radius 1 is 0.875 bits per heavy atom. The number of hydrogen-bond acceptors (Lipinski definition) is 4. The summed E-state index contributed by atoms with van der Waals surface area (Å²) in [5.74, 6) is 1.71. The lowest BCUT2D eigenvalue weighted by atomic mass is 10.3. The maximum atomic E-state index is 4.11. The highest BCUT2D eigenvalue weighted by Gasteiger charge is 1.96. The van der Waals surface area contributed by atoms with E-state index in [1.165, 1.54) is 12.8 Å². The fourth-order valence-corrected chi connectivity index (χ4v) is 1.31. The third kappa shape index (κ3) is 4.96. The van der Waals surface area contributed by atoms with Gasteiger partial charge in [-0.25, -0.2) is 0 Å². The van der Waals surface area contributed by atoms with Gasteiger partial charge in [0.25, 0.3) is 0 Å². The first kappa shape index (κ1) is 12.7. The number of nitrogens with one attached hydrogen (secondary N) is 2. The monoisotopic (exact) mass is 222 g/mol. The van der Waals surface area contributed by atoms with Crippen molar-refractivity contribution in [1.82, 2.24) is 10.2 Å². The highest BCUT2D eigenvalue weighted by molar-refractivity contribution is 5.41. The fourth-order valence-electron chi connectivity index (χ4n) is 1.31. The van der Waals surface area contributed by atoms with E-state index in [1.807, 2.05) is 12.1 Å². The van der Waals surface area contributed by atoms with Gasteiger partial charge in [0.1, 0.15) is 11.6 Å². The first-order valence-corrected chi connectivity index (χ1v) is 6.18. The summed E-state index contributed by atoms with van der Waals surface area (Å²) in [5, 5.41) is 14.7. The minimum atomic E-state index is 0.856. The molecule has 0 aromatic carbocycles. The summed E-state index contributed by atoms with van der Waals surface area (Å²) in [6.45, 7) is 6.28. The van der Waals surface area contributed by atoms with Crippen molar-refractivity contribution < 1.29 is 0 Å². The molecule has 0 spiro atoms. The summed E-state index contributed by atoms with van der Waals surface area (Å²) in [5.41, 5.74) is 0. The molecule has 1 aromatic rings. The van der Waals surface area contributed by atoms with Crippen LogP contribution in [0.1, 0.15) is 39.5 Å². The Bertz CT molecular complexity index is 242. The predicted octanol–water partition coefficient (Wildman–Crippen LogP) is 2.90. The van der Waals surface area contributed by atoms with Gasteiger partial charge < -0.3 is 10.6 Å². The largest absolute Gasteiger partial charge is 0.369 e. The number of unbranched alkanes of at least 4 members (excludes halogenated alkanes) is 2. The summed E-state index contributed by atoms with van der Waals surface area (Å²) >= 11 is 0.